The molecule has 1 N–H and O–H groups in total. The molecule has 15 heavy (non-hydrogen) atoms. The zero-order valence-corrected chi connectivity index (χ0v) is 9.64. The van der Waals surface area contributed by atoms with Crippen molar-refractivity contribution in [3.05, 3.63) is 41.2 Å². The third-order valence-electron chi connectivity index (χ3n) is 2.16. The van der Waals surface area contributed by atoms with Crippen molar-refractivity contribution in [3.8, 4) is 0 Å². The van der Waals surface area contributed by atoms with E-state index in [1.807, 2.05) is 7.05 Å². The van der Waals surface area contributed by atoms with E-state index in [1.165, 1.54) is 22.7 Å². The van der Waals surface area contributed by atoms with Gasteiger partial charge in [-0.1, -0.05) is 29.8 Å². The minimum absolute atomic E-state index is 0.804. The van der Waals surface area contributed by atoms with E-state index in [4.69, 9.17) is 0 Å². The van der Waals surface area contributed by atoms with Gasteiger partial charge in [-0.05, 0) is 12.5 Å². The Hall–Kier alpha value is -1.42. The second kappa shape index (κ2) is 4.40. The first kappa shape index (κ1) is 10.1. The van der Waals surface area contributed by atoms with Gasteiger partial charge in [0.25, 0.3) is 0 Å². The van der Waals surface area contributed by atoms with Gasteiger partial charge in [-0.3, -0.25) is 0 Å². The Morgan fingerprint density at radius 3 is 2.60 bits per heavy atom. The highest BCUT2D eigenvalue weighted by molar-refractivity contribution is 7.09. The molecule has 0 saturated carbocycles. The van der Waals surface area contributed by atoms with Crippen molar-refractivity contribution in [1.82, 2.24) is 9.36 Å². The molecule has 0 aliphatic carbocycles. The Kier molecular flexibility index (Phi) is 2.97. The number of aromatic nitrogens is 2. The maximum atomic E-state index is 4.34. The normalized spacial score (nSPS) is 10.3. The summed E-state index contributed by atoms with van der Waals surface area (Å²) in [6.07, 6.45) is 0.804. The quantitative estimate of drug-likeness (QED) is 0.861. The third kappa shape index (κ3) is 2.53. The molecule has 0 aliphatic rings. The average Bonchev–Trinajstić information content (AvgIpc) is 2.69. The number of anilines is 1. The van der Waals surface area contributed by atoms with E-state index in [2.05, 4.69) is 45.9 Å². The van der Waals surface area contributed by atoms with E-state index in [9.17, 15) is 0 Å². The monoisotopic (exact) mass is 219 g/mol. The lowest BCUT2D eigenvalue weighted by Gasteiger charge is -1.97. The highest BCUT2D eigenvalue weighted by atomic mass is 32.1. The van der Waals surface area contributed by atoms with Crippen LogP contribution in [0.5, 0.6) is 0 Å². The van der Waals surface area contributed by atoms with Crippen LogP contribution in [-0.2, 0) is 6.42 Å². The summed E-state index contributed by atoms with van der Waals surface area (Å²) in [5, 5.41) is 3.86. The SMILES string of the molecule is CNc1nc(Cc2ccc(C)cc2)ns1. The van der Waals surface area contributed by atoms with Gasteiger partial charge in [0.1, 0.15) is 5.82 Å². The second-order valence-corrected chi connectivity index (χ2v) is 4.18. The molecule has 0 atom stereocenters. The number of nitrogens with one attached hydrogen (secondary N) is 1. The van der Waals surface area contributed by atoms with Crippen molar-refractivity contribution < 1.29 is 0 Å². The first-order chi connectivity index (χ1) is 7.28. The van der Waals surface area contributed by atoms with Crippen molar-refractivity contribution in [1.29, 1.82) is 0 Å². The van der Waals surface area contributed by atoms with Crippen molar-refractivity contribution >= 4 is 16.7 Å². The molecule has 1 aromatic heterocycles. The van der Waals surface area contributed by atoms with Gasteiger partial charge in [0, 0.05) is 25.0 Å². The Bertz CT molecular complexity index is 433. The van der Waals surface area contributed by atoms with Crippen molar-refractivity contribution in [2.75, 3.05) is 12.4 Å². The van der Waals surface area contributed by atoms with E-state index < -0.39 is 0 Å². The molecule has 78 valence electrons. The molecular weight excluding hydrogens is 206 g/mol. The molecule has 0 spiro atoms. The van der Waals surface area contributed by atoms with Gasteiger partial charge >= 0.3 is 0 Å². The molecule has 0 bridgehead atoms. The molecule has 2 rings (SSSR count). The van der Waals surface area contributed by atoms with Crippen LogP contribution in [0.2, 0.25) is 0 Å². The van der Waals surface area contributed by atoms with Gasteiger partial charge in [0.15, 0.2) is 0 Å². The summed E-state index contributed by atoms with van der Waals surface area (Å²) in [7, 11) is 1.86. The molecule has 2 aromatic rings. The number of rotatable bonds is 3. The summed E-state index contributed by atoms with van der Waals surface area (Å²) in [5.41, 5.74) is 2.53. The van der Waals surface area contributed by atoms with Crippen LogP contribution in [0.15, 0.2) is 24.3 Å². The standard InChI is InChI=1S/C11H13N3S/c1-8-3-5-9(6-4-8)7-10-13-11(12-2)15-14-10/h3-6H,7H2,1-2H3,(H,12,13,14). The van der Waals surface area contributed by atoms with E-state index in [0.29, 0.717) is 0 Å². The molecule has 0 amide bonds. The van der Waals surface area contributed by atoms with Crippen LogP contribution in [-0.4, -0.2) is 16.4 Å². The second-order valence-electron chi connectivity index (χ2n) is 3.43. The lowest BCUT2D eigenvalue weighted by atomic mass is 10.1. The maximum Gasteiger partial charge on any atom is 0.202 e. The minimum atomic E-state index is 0.804. The summed E-state index contributed by atoms with van der Waals surface area (Å²) in [6, 6.07) is 8.46. The Balaban J connectivity index is 2.11. The minimum Gasteiger partial charge on any atom is -0.363 e. The van der Waals surface area contributed by atoms with Gasteiger partial charge in [0.05, 0.1) is 0 Å². The summed E-state index contributed by atoms with van der Waals surface area (Å²) in [6.45, 7) is 2.09. The fourth-order valence-electron chi connectivity index (χ4n) is 1.32. The number of aryl methyl sites for hydroxylation is 1. The topological polar surface area (TPSA) is 37.8 Å². The molecule has 0 unspecified atom stereocenters. The molecule has 0 fully saturated rings. The lowest BCUT2D eigenvalue weighted by molar-refractivity contribution is 1.04. The molecule has 1 aromatic carbocycles. The molecule has 0 saturated heterocycles. The van der Waals surface area contributed by atoms with E-state index in [1.54, 1.807) is 0 Å². The van der Waals surface area contributed by atoms with E-state index in [-0.39, 0.29) is 0 Å². The van der Waals surface area contributed by atoms with Crippen LogP contribution < -0.4 is 5.32 Å². The largest absolute Gasteiger partial charge is 0.363 e. The zero-order valence-electron chi connectivity index (χ0n) is 8.82. The molecule has 3 nitrogen and oxygen atoms in total. The highest BCUT2D eigenvalue weighted by Crippen LogP contribution is 2.13. The van der Waals surface area contributed by atoms with Crippen LogP contribution >= 0.6 is 11.5 Å². The maximum absolute atomic E-state index is 4.34. The fraction of sp³-hybridized carbons (Fsp3) is 0.273. The first-order valence-electron chi connectivity index (χ1n) is 4.84. The van der Waals surface area contributed by atoms with Gasteiger partial charge in [-0.15, -0.1) is 0 Å². The zero-order chi connectivity index (χ0) is 10.7. The highest BCUT2D eigenvalue weighted by Gasteiger charge is 2.03. The Morgan fingerprint density at radius 1 is 1.27 bits per heavy atom. The van der Waals surface area contributed by atoms with E-state index in [0.717, 1.165) is 17.4 Å². The molecule has 4 heteroatoms. The third-order valence-corrected chi connectivity index (χ3v) is 2.94. The van der Waals surface area contributed by atoms with Gasteiger partial charge in [0.2, 0.25) is 5.13 Å². The van der Waals surface area contributed by atoms with E-state index >= 15 is 0 Å². The fourth-order valence-corrected chi connectivity index (χ4v) is 1.85. The van der Waals surface area contributed by atoms with Crippen molar-refractivity contribution in [3.63, 3.8) is 0 Å². The lowest BCUT2D eigenvalue weighted by Crippen LogP contribution is -1.92. The smallest absolute Gasteiger partial charge is 0.202 e. The summed E-state index contributed by atoms with van der Waals surface area (Å²) >= 11 is 1.40. The van der Waals surface area contributed by atoms with Crippen LogP contribution in [0.25, 0.3) is 0 Å². The van der Waals surface area contributed by atoms with Crippen molar-refractivity contribution in [2.45, 2.75) is 13.3 Å². The van der Waals surface area contributed by atoms with Crippen LogP contribution in [0.4, 0.5) is 5.13 Å². The Morgan fingerprint density at radius 2 is 2.00 bits per heavy atom. The predicted molar refractivity (Wildman–Crippen MR) is 63.4 cm³/mol. The number of hydrogen-bond donors (Lipinski definition) is 1. The summed E-state index contributed by atoms with van der Waals surface area (Å²) in [5.74, 6) is 0.883. The average molecular weight is 219 g/mol. The molecule has 0 radical (unpaired) electrons. The molecular formula is C11H13N3S. The molecule has 0 aliphatic heterocycles. The predicted octanol–water partition coefficient (Wildman–Crippen LogP) is 2.48. The van der Waals surface area contributed by atoms with Crippen LogP contribution in [0.1, 0.15) is 17.0 Å². The number of hydrogen-bond acceptors (Lipinski definition) is 4. The van der Waals surface area contributed by atoms with Gasteiger partial charge in [-0.25, -0.2) is 4.98 Å². The summed E-state index contributed by atoms with van der Waals surface area (Å²) in [4.78, 5) is 4.34. The Labute approximate surface area is 93.4 Å². The molecule has 1 heterocycles. The number of nitrogens with zero attached hydrogens (tertiary/aromatic N) is 2. The van der Waals surface area contributed by atoms with Crippen molar-refractivity contribution in [2.24, 2.45) is 0 Å². The van der Waals surface area contributed by atoms with Crippen LogP contribution in [0, 0.1) is 6.92 Å². The van der Waals surface area contributed by atoms with Gasteiger partial charge < -0.3 is 5.32 Å². The first-order valence-corrected chi connectivity index (χ1v) is 5.61. The summed E-state index contributed by atoms with van der Waals surface area (Å²) < 4.78 is 4.27. The number of benzene rings is 1. The van der Waals surface area contributed by atoms with Crippen LogP contribution in [0.3, 0.4) is 0 Å². The van der Waals surface area contributed by atoms with Gasteiger partial charge in [-0.2, -0.15) is 4.37 Å².